The fraction of sp³-hybridized carbons (Fsp3) is 1.00. The number of hydrogen-bond donors (Lipinski definition) is 2. The van der Waals surface area contributed by atoms with E-state index in [1.54, 1.807) is 0 Å². The highest BCUT2D eigenvalue weighted by molar-refractivity contribution is 7.50. The SMILES string of the molecule is NP(=O)(O)OC1CC1. The van der Waals surface area contributed by atoms with Crippen molar-refractivity contribution < 1.29 is 14.0 Å². The van der Waals surface area contributed by atoms with Gasteiger partial charge in [0.2, 0.25) is 0 Å². The summed E-state index contributed by atoms with van der Waals surface area (Å²) in [5.74, 6) is 0. The van der Waals surface area contributed by atoms with E-state index in [9.17, 15) is 4.57 Å². The van der Waals surface area contributed by atoms with Crippen molar-refractivity contribution in [3.05, 3.63) is 0 Å². The van der Waals surface area contributed by atoms with Crippen LogP contribution in [0.4, 0.5) is 0 Å². The molecule has 0 bridgehead atoms. The predicted molar refractivity (Wildman–Crippen MR) is 28.1 cm³/mol. The Balaban J connectivity index is 2.26. The second-order valence-corrected chi connectivity index (χ2v) is 3.21. The van der Waals surface area contributed by atoms with Crippen LogP contribution >= 0.6 is 7.75 Å². The van der Waals surface area contributed by atoms with Gasteiger partial charge in [0, 0.05) is 0 Å². The van der Waals surface area contributed by atoms with Crippen molar-refractivity contribution in [3.8, 4) is 0 Å². The highest BCUT2D eigenvalue weighted by atomic mass is 31.2. The Morgan fingerprint density at radius 2 is 2.25 bits per heavy atom. The van der Waals surface area contributed by atoms with Gasteiger partial charge in [-0.05, 0) is 12.8 Å². The van der Waals surface area contributed by atoms with Crippen LogP contribution in [0.25, 0.3) is 0 Å². The lowest BCUT2D eigenvalue weighted by atomic mass is 10.9. The third-order valence-corrected chi connectivity index (χ3v) is 1.42. The summed E-state index contributed by atoms with van der Waals surface area (Å²) in [6.45, 7) is 0. The van der Waals surface area contributed by atoms with Gasteiger partial charge in [0.1, 0.15) is 0 Å². The summed E-state index contributed by atoms with van der Waals surface area (Å²) in [4.78, 5) is 8.34. The molecular formula is C3H8NO3P. The molecule has 48 valence electrons. The van der Waals surface area contributed by atoms with Gasteiger partial charge in [-0.15, -0.1) is 0 Å². The normalized spacial score (nSPS) is 27.2. The van der Waals surface area contributed by atoms with E-state index in [0.29, 0.717) is 0 Å². The van der Waals surface area contributed by atoms with Crippen LogP contribution in [0.3, 0.4) is 0 Å². The van der Waals surface area contributed by atoms with Crippen LogP contribution in [0.2, 0.25) is 0 Å². The zero-order chi connectivity index (χ0) is 6.20. The summed E-state index contributed by atoms with van der Waals surface area (Å²) in [5.41, 5.74) is 4.67. The minimum Gasteiger partial charge on any atom is -0.313 e. The lowest BCUT2D eigenvalue weighted by molar-refractivity contribution is 0.249. The lowest BCUT2D eigenvalue weighted by Crippen LogP contribution is -1.99. The summed E-state index contributed by atoms with van der Waals surface area (Å²) >= 11 is 0. The fourth-order valence-electron chi connectivity index (χ4n) is 0.387. The van der Waals surface area contributed by atoms with E-state index in [1.807, 2.05) is 0 Å². The maximum Gasteiger partial charge on any atom is 0.400 e. The van der Waals surface area contributed by atoms with Gasteiger partial charge in [-0.2, -0.15) is 0 Å². The zero-order valence-electron chi connectivity index (χ0n) is 4.28. The smallest absolute Gasteiger partial charge is 0.313 e. The number of rotatable bonds is 2. The van der Waals surface area contributed by atoms with E-state index in [4.69, 9.17) is 4.89 Å². The van der Waals surface area contributed by atoms with E-state index >= 15 is 0 Å². The standard InChI is InChI=1S/C3H8NO3P/c4-8(5,6)7-3-1-2-3/h3H,1-2H2,(H3,4,5,6). The summed E-state index contributed by atoms with van der Waals surface area (Å²) < 4.78 is 14.6. The predicted octanol–water partition coefficient (Wildman–Crippen LogP) is 0.225. The second-order valence-electron chi connectivity index (χ2n) is 1.87. The van der Waals surface area contributed by atoms with E-state index in [0.717, 1.165) is 12.8 Å². The Kier molecular flexibility index (Phi) is 1.41. The maximum absolute atomic E-state index is 10.2. The molecule has 4 nitrogen and oxygen atoms in total. The Hall–Kier alpha value is 0.110. The van der Waals surface area contributed by atoms with Crippen LogP contribution in [0, 0.1) is 0 Å². The van der Waals surface area contributed by atoms with E-state index in [2.05, 4.69) is 10.0 Å². The minimum atomic E-state index is -3.66. The molecule has 0 amide bonds. The van der Waals surface area contributed by atoms with Crippen molar-refractivity contribution in [1.29, 1.82) is 0 Å². The van der Waals surface area contributed by atoms with Gasteiger partial charge >= 0.3 is 7.75 Å². The minimum absolute atomic E-state index is 0.0455. The van der Waals surface area contributed by atoms with Gasteiger partial charge in [-0.1, -0.05) is 0 Å². The Morgan fingerprint density at radius 1 is 1.75 bits per heavy atom. The molecule has 0 saturated heterocycles. The summed E-state index contributed by atoms with van der Waals surface area (Å²) in [6.07, 6.45) is 1.68. The van der Waals surface area contributed by atoms with Crippen LogP contribution in [0.5, 0.6) is 0 Å². The maximum atomic E-state index is 10.2. The Morgan fingerprint density at radius 3 is 2.38 bits per heavy atom. The molecule has 1 atom stereocenters. The molecule has 0 heterocycles. The Labute approximate surface area is 47.2 Å². The summed E-state index contributed by atoms with van der Waals surface area (Å²) in [5, 5.41) is 0. The van der Waals surface area contributed by atoms with Gasteiger partial charge in [-0.3, -0.25) is 4.52 Å². The topological polar surface area (TPSA) is 72.6 Å². The first kappa shape index (κ1) is 6.23. The monoisotopic (exact) mass is 137 g/mol. The number of nitrogens with two attached hydrogens (primary N) is 1. The molecule has 0 aromatic rings. The zero-order valence-corrected chi connectivity index (χ0v) is 5.17. The van der Waals surface area contributed by atoms with Crippen LogP contribution in [-0.2, 0) is 9.09 Å². The molecular weight excluding hydrogens is 129 g/mol. The highest BCUT2D eigenvalue weighted by Crippen LogP contribution is 2.40. The molecule has 1 saturated carbocycles. The van der Waals surface area contributed by atoms with Gasteiger partial charge in [0.05, 0.1) is 6.10 Å². The molecule has 1 unspecified atom stereocenters. The van der Waals surface area contributed by atoms with Crippen LogP contribution in [0.1, 0.15) is 12.8 Å². The van der Waals surface area contributed by atoms with Crippen molar-refractivity contribution >= 4 is 7.75 Å². The van der Waals surface area contributed by atoms with E-state index in [1.165, 1.54) is 0 Å². The lowest BCUT2D eigenvalue weighted by Gasteiger charge is -2.01. The molecule has 0 spiro atoms. The average molecular weight is 137 g/mol. The largest absolute Gasteiger partial charge is 0.400 e. The molecule has 1 aliphatic rings. The molecule has 1 aliphatic carbocycles. The molecule has 0 aromatic heterocycles. The first-order valence-corrected chi connectivity index (χ1v) is 4.02. The summed E-state index contributed by atoms with van der Waals surface area (Å²) in [6, 6.07) is 0. The fourth-order valence-corrected chi connectivity index (χ4v) is 1.03. The molecule has 0 aromatic carbocycles. The van der Waals surface area contributed by atoms with Crippen LogP contribution in [0.15, 0.2) is 0 Å². The third-order valence-electron chi connectivity index (χ3n) is 0.824. The molecule has 3 N–H and O–H groups in total. The Bertz CT molecular complexity index is 126. The first-order valence-electron chi connectivity index (χ1n) is 2.38. The molecule has 1 rings (SSSR count). The van der Waals surface area contributed by atoms with Gasteiger partial charge in [0.25, 0.3) is 0 Å². The number of hydrogen-bond acceptors (Lipinski definition) is 2. The molecule has 0 radical (unpaired) electrons. The van der Waals surface area contributed by atoms with E-state index < -0.39 is 7.75 Å². The van der Waals surface area contributed by atoms with Gasteiger partial charge < -0.3 is 4.89 Å². The molecule has 0 aliphatic heterocycles. The van der Waals surface area contributed by atoms with Crippen LogP contribution in [-0.4, -0.2) is 11.0 Å². The van der Waals surface area contributed by atoms with Crippen molar-refractivity contribution in [2.75, 3.05) is 0 Å². The highest BCUT2D eigenvalue weighted by Gasteiger charge is 2.29. The van der Waals surface area contributed by atoms with Crippen LogP contribution < -0.4 is 5.50 Å². The molecule has 8 heavy (non-hydrogen) atoms. The molecule has 5 heteroatoms. The third kappa shape index (κ3) is 2.43. The second kappa shape index (κ2) is 1.81. The summed E-state index contributed by atoms with van der Waals surface area (Å²) in [7, 11) is -3.66. The first-order chi connectivity index (χ1) is 3.58. The van der Waals surface area contributed by atoms with Crippen molar-refractivity contribution in [2.24, 2.45) is 5.50 Å². The van der Waals surface area contributed by atoms with E-state index in [-0.39, 0.29) is 6.10 Å². The quantitative estimate of drug-likeness (QED) is 0.534. The van der Waals surface area contributed by atoms with Gasteiger partial charge in [0.15, 0.2) is 0 Å². The van der Waals surface area contributed by atoms with Gasteiger partial charge in [-0.25, -0.2) is 10.1 Å². The van der Waals surface area contributed by atoms with Crippen molar-refractivity contribution in [2.45, 2.75) is 18.9 Å². The molecule has 1 fully saturated rings. The van der Waals surface area contributed by atoms with Crippen molar-refractivity contribution in [1.82, 2.24) is 0 Å². The average Bonchev–Trinajstić information content (AvgIpc) is 2.12. The van der Waals surface area contributed by atoms with Crippen molar-refractivity contribution in [3.63, 3.8) is 0 Å².